The van der Waals surface area contributed by atoms with E-state index in [1.807, 2.05) is 0 Å². The van der Waals surface area contributed by atoms with Crippen molar-refractivity contribution in [1.82, 2.24) is 9.88 Å². The lowest BCUT2D eigenvalue weighted by molar-refractivity contribution is 0.417. The van der Waals surface area contributed by atoms with Gasteiger partial charge in [-0.2, -0.15) is 0 Å². The van der Waals surface area contributed by atoms with Crippen LogP contribution in [0.3, 0.4) is 0 Å². The van der Waals surface area contributed by atoms with Crippen LogP contribution in [-0.4, -0.2) is 18.2 Å². The standard InChI is InChI=1S/C15H20N2O/c1-10-7-11-9-13(12-5-4-6-16-12)17(2)15(11)14(8-10)18-3/h7-9,12,16H,4-6H2,1-3H3. The van der Waals surface area contributed by atoms with Crippen molar-refractivity contribution in [2.24, 2.45) is 7.05 Å². The fraction of sp³-hybridized carbons (Fsp3) is 0.467. The van der Waals surface area contributed by atoms with Crippen LogP contribution in [0.2, 0.25) is 0 Å². The molecular formula is C15H20N2O. The minimum atomic E-state index is 0.493. The lowest BCUT2D eigenvalue weighted by Crippen LogP contribution is -2.15. The molecule has 1 aromatic carbocycles. The Morgan fingerprint density at radius 2 is 2.17 bits per heavy atom. The maximum Gasteiger partial charge on any atom is 0.143 e. The summed E-state index contributed by atoms with van der Waals surface area (Å²) in [6, 6.07) is 7.13. The summed E-state index contributed by atoms with van der Waals surface area (Å²) in [7, 11) is 3.88. The van der Waals surface area contributed by atoms with Gasteiger partial charge in [0.15, 0.2) is 0 Å². The van der Waals surface area contributed by atoms with E-state index in [1.54, 1.807) is 7.11 Å². The number of benzene rings is 1. The van der Waals surface area contributed by atoms with E-state index in [0.717, 1.165) is 12.3 Å². The Hall–Kier alpha value is -1.48. The lowest BCUT2D eigenvalue weighted by atomic mass is 10.1. The lowest BCUT2D eigenvalue weighted by Gasteiger charge is -2.13. The number of aryl methyl sites for hydroxylation is 2. The number of aromatic nitrogens is 1. The predicted molar refractivity (Wildman–Crippen MR) is 74.2 cm³/mol. The molecule has 1 unspecified atom stereocenters. The Morgan fingerprint density at radius 3 is 2.83 bits per heavy atom. The summed E-state index contributed by atoms with van der Waals surface area (Å²) in [5.41, 5.74) is 3.81. The van der Waals surface area contributed by atoms with Gasteiger partial charge in [0.25, 0.3) is 0 Å². The first-order valence-electron chi connectivity index (χ1n) is 6.58. The quantitative estimate of drug-likeness (QED) is 0.879. The molecule has 0 spiro atoms. The van der Waals surface area contributed by atoms with Crippen LogP contribution in [0.1, 0.15) is 30.1 Å². The van der Waals surface area contributed by atoms with Crippen LogP contribution in [0.5, 0.6) is 5.75 Å². The monoisotopic (exact) mass is 244 g/mol. The van der Waals surface area contributed by atoms with Crippen molar-refractivity contribution < 1.29 is 4.74 Å². The van der Waals surface area contributed by atoms with Gasteiger partial charge >= 0.3 is 0 Å². The molecule has 18 heavy (non-hydrogen) atoms. The smallest absolute Gasteiger partial charge is 0.143 e. The van der Waals surface area contributed by atoms with Gasteiger partial charge in [-0.25, -0.2) is 0 Å². The molecule has 1 fully saturated rings. The first-order chi connectivity index (χ1) is 8.70. The second kappa shape index (κ2) is 4.32. The number of ether oxygens (including phenoxy) is 1. The van der Waals surface area contributed by atoms with Crippen LogP contribution < -0.4 is 10.1 Å². The molecule has 1 aromatic heterocycles. The van der Waals surface area contributed by atoms with Crippen LogP contribution in [-0.2, 0) is 7.05 Å². The molecule has 1 aliphatic rings. The normalized spacial score (nSPS) is 19.6. The second-order valence-electron chi connectivity index (χ2n) is 5.18. The molecule has 2 heterocycles. The van der Waals surface area contributed by atoms with Crippen molar-refractivity contribution in [1.29, 1.82) is 0 Å². The molecule has 1 aliphatic heterocycles. The van der Waals surface area contributed by atoms with E-state index in [9.17, 15) is 0 Å². The van der Waals surface area contributed by atoms with Gasteiger partial charge in [0, 0.05) is 24.2 Å². The number of fused-ring (bicyclic) bond motifs is 1. The van der Waals surface area contributed by atoms with E-state index in [1.165, 1.54) is 35.0 Å². The molecule has 3 heteroatoms. The molecule has 1 saturated heterocycles. The highest BCUT2D eigenvalue weighted by molar-refractivity contribution is 5.88. The number of methoxy groups -OCH3 is 1. The van der Waals surface area contributed by atoms with Gasteiger partial charge in [-0.05, 0) is 50.1 Å². The molecule has 0 bridgehead atoms. The van der Waals surface area contributed by atoms with Gasteiger partial charge in [-0.1, -0.05) is 0 Å². The Labute approximate surface area is 108 Å². The average molecular weight is 244 g/mol. The van der Waals surface area contributed by atoms with Crippen molar-refractivity contribution in [2.45, 2.75) is 25.8 Å². The van der Waals surface area contributed by atoms with E-state index in [2.05, 4.69) is 42.1 Å². The minimum absolute atomic E-state index is 0.493. The molecule has 0 saturated carbocycles. The summed E-state index contributed by atoms with van der Waals surface area (Å²) < 4.78 is 7.80. The van der Waals surface area contributed by atoms with E-state index >= 15 is 0 Å². The van der Waals surface area contributed by atoms with Crippen molar-refractivity contribution in [2.75, 3.05) is 13.7 Å². The molecular weight excluding hydrogens is 224 g/mol. The van der Waals surface area contributed by atoms with Crippen molar-refractivity contribution in [3.05, 3.63) is 29.5 Å². The molecule has 0 amide bonds. The van der Waals surface area contributed by atoms with Gasteiger partial charge in [0.05, 0.1) is 12.6 Å². The average Bonchev–Trinajstić information content (AvgIpc) is 2.96. The molecule has 3 nitrogen and oxygen atoms in total. The largest absolute Gasteiger partial charge is 0.495 e. The fourth-order valence-electron chi connectivity index (χ4n) is 3.05. The first-order valence-corrected chi connectivity index (χ1v) is 6.58. The summed E-state index contributed by atoms with van der Waals surface area (Å²) >= 11 is 0. The van der Waals surface area contributed by atoms with E-state index in [-0.39, 0.29) is 0 Å². The van der Waals surface area contributed by atoms with Crippen molar-refractivity contribution in [3.8, 4) is 5.75 Å². The maximum atomic E-state index is 5.52. The fourth-order valence-corrected chi connectivity index (χ4v) is 3.05. The predicted octanol–water partition coefficient (Wildman–Crippen LogP) is 2.92. The van der Waals surface area contributed by atoms with Gasteiger partial charge in [-0.15, -0.1) is 0 Å². The topological polar surface area (TPSA) is 26.2 Å². The Bertz CT molecular complexity index is 580. The molecule has 96 valence electrons. The zero-order valence-electron chi connectivity index (χ0n) is 11.3. The summed E-state index contributed by atoms with van der Waals surface area (Å²) in [5, 5.41) is 4.84. The molecule has 2 aromatic rings. The number of nitrogens with zero attached hydrogens (tertiary/aromatic N) is 1. The highest BCUT2D eigenvalue weighted by Crippen LogP contribution is 2.33. The number of nitrogens with one attached hydrogen (secondary N) is 1. The van der Waals surface area contributed by atoms with Crippen LogP contribution in [0.25, 0.3) is 10.9 Å². The van der Waals surface area contributed by atoms with Crippen LogP contribution in [0, 0.1) is 6.92 Å². The zero-order chi connectivity index (χ0) is 12.7. The van der Waals surface area contributed by atoms with Gasteiger partial charge in [0.2, 0.25) is 0 Å². The minimum Gasteiger partial charge on any atom is -0.495 e. The highest BCUT2D eigenvalue weighted by atomic mass is 16.5. The van der Waals surface area contributed by atoms with E-state index < -0.39 is 0 Å². The first kappa shape index (κ1) is 11.6. The van der Waals surface area contributed by atoms with Gasteiger partial charge in [-0.3, -0.25) is 0 Å². The summed E-state index contributed by atoms with van der Waals surface area (Å²) in [6.45, 7) is 3.24. The van der Waals surface area contributed by atoms with Crippen LogP contribution in [0.4, 0.5) is 0 Å². The molecule has 0 aliphatic carbocycles. The Kier molecular flexibility index (Phi) is 2.78. The number of hydrogen-bond donors (Lipinski definition) is 1. The summed E-state index contributed by atoms with van der Waals surface area (Å²) in [4.78, 5) is 0. The van der Waals surface area contributed by atoms with Gasteiger partial charge < -0.3 is 14.6 Å². The zero-order valence-corrected chi connectivity index (χ0v) is 11.3. The highest BCUT2D eigenvalue weighted by Gasteiger charge is 2.21. The van der Waals surface area contributed by atoms with E-state index in [0.29, 0.717) is 6.04 Å². The maximum absolute atomic E-state index is 5.52. The SMILES string of the molecule is COc1cc(C)cc2cc(C3CCCN3)n(C)c12. The third-order valence-corrected chi connectivity index (χ3v) is 3.91. The third-order valence-electron chi connectivity index (χ3n) is 3.91. The molecule has 0 radical (unpaired) electrons. The van der Waals surface area contributed by atoms with Crippen molar-refractivity contribution >= 4 is 10.9 Å². The summed E-state index contributed by atoms with van der Waals surface area (Å²) in [6.07, 6.45) is 2.49. The Morgan fingerprint density at radius 1 is 1.33 bits per heavy atom. The number of rotatable bonds is 2. The Balaban J connectivity index is 2.20. The van der Waals surface area contributed by atoms with E-state index in [4.69, 9.17) is 4.74 Å². The molecule has 1 atom stereocenters. The van der Waals surface area contributed by atoms with Crippen LogP contribution >= 0.6 is 0 Å². The van der Waals surface area contributed by atoms with Crippen LogP contribution in [0.15, 0.2) is 18.2 Å². The molecule has 1 N–H and O–H groups in total. The van der Waals surface area contributed by atoms with Gasteiger partial charge in [0.1, 0.15) is 5.75 Å². The number of hydrogen-bond acceptors (Lipinski definition) is 2. The third kappa shape index (κ3) is 1.70. The summed E-state index contributed by atoms with van der Waals surface area (Å²) in [5.74, 6) is 0.969. The van der Waals surface area contributed by atoms with Crippen molar-refractivity contribution in [3.63, 3.8) is 0 Å². The second-order valence-corrected chi connectivity index (χ2v) is 5.18. The molecule has 3 rings (SSSR count).